The molecule has 6 rings (SSSR count). The van der Waals surface area contributed by atoms with Crippen LogP contribution in [0, 0.1) is 0 Å². The van der Waals surface area contributed by atoms with Crippen LogP contribution in [-0.2, 0) is 62.2 Å². The van der Waals surface area contributed by atoms with Gasteiger partial charge in [0.15, 0.2) is 0 Å². The molecule has 2 atom stereocenters. The van der Waals surface area contributed by atoms with E-state index in [1.165, 1.54) is 14.1 Å². The molecule has 19 nitrogen and oxygen atoms in total. The van der Waals surface area contributed by atoms with Gasteiger partial charge in [-0.1, -0.05) is 12.1 Å². The maximum absolute atomic E-state index is 13.0. The Hall–Kier alpha value is -6.74. The quantitative estimate of drug-likeness (QED) is 0.160. The first-order chi connectivity index (χ1) is 27.0. The van der Waals surface area contributed by atoms with Crippen molar-refractivity contribution in [3.05, 3.63) is 58.7 Å². The summed E-state index contributed by atoms with van der Waals surface area (Å²) in [6, 6.07) is 9.23. The van der Waals surface area contributed by atoms with Gasteiger partial charge in [0.2, 0.25) is 17.5 Å². The number of fused-ring (bicyclic) bond motifs is 4. The number of carboxylic acids is 1. The number of nitrogens with one attached hydrogen (secondary N) is 4. The predicted octanol–water partition coefficient (Wildman–Crippen LogP) is 3.29. The van der Waals surface area contributed by atoms with E-state index in [-0.39, 0.29) is 24.9 Å². The second kappa shape index (κ2) is 16.8. The average molecular weight is 821 g/mol. The zero-order valence-electron chi connectivity index (χ0n) is 31.7. The molecule has 0 radical (unpaired) electrons. The number of aldehydes is 1. The van der Waals surface area contributed by atoms with Gasteiger partial charge in [-0.25, -0.2) is 29.0 Å². The molecule has 2 fully saturated rings. The Morgan fingerprint density at radius 3 is 1.52 bits per heavy atom. The highest BCUT2D eigenvalue weighted by Gasteiger charge is 2.59. The molecule has 2 aromatic rings. The Kier molecular flexibility index (Phi) is 12.7. The van der Waals surface area contributed by atoms with E-state index in [1.807, 2.05) is 0 Å². The van der Waals surface area contributed by atoms with E-state index < -0.39 is 78.3 Å². The topological polar surface area (TPSA) is 256 Å². The number of aryl methyl sites for hydroxylation is 2. The van der Waals surface area contributed by atoms with E-state index in [4.69, 9.17) is 24.1 Å². The number of nitrogens with zero attached hydrogens (tertiary/aromatic N) is 2. The van der Waals surface area contributed by atoms with Crippen molar-refractivity contribution >= 4 is 65.7 Å². The molecule has 8 amide bonds. The highest BCUT2D eigenvalue weighted by Crippen LogP contribution is 2.47. The minimum atomic E-state index is -4.64. The number of alkyl halides is 3. The number of carbonyl (C=O) groups excluding carboxylic acids is 8. The second-order valence-corrected chi connectivity index (χ2v) is 14.0. The van der Waals surface area contributed by atoms with E-state index in [0.717, 1.165) is 16.0 Å². The highest BCUT2D eigenvalue weighted by molar-refractivity contribution is 6.07. The number of halogens is 3. The maximum Gasteiger partial charge on any atom is 0.446 e. The summed E-state index contributed by atoms with van der Waals surface area (Å²) in [7, 11) is 3.00. The third-order valence-electron chi connectivity index (χ3n) is 8.82. The standard InChI is InChI=1S/C19H23N3O6.C15H15N3O6.C2HF3O/c1-18(2,3)27-14(23)10-22-15(24)19(28-17(22)26)8-7-11-9-12(5-6-13(11)19)21-16(25)20-4;1-16-13(22)17-9-2-3-10-8(6-9)4-5-15(10)12(21)18(7-11(19)20)14(23)24-15;3-2(4,5)1-6/h5-6,9H,7-8,10H2,1-4H3,(H2,20,21,25);2-3,6H,4-5,7H2,1H3,(H,19,20)(H2,16,17,22);1H. The van der Waals surface area contributed by atoms with Crippen LogP contribution in [0.25, 0.3) is 0 Å². The molecule has 312 valence electrons. The monoisotopic (exact) mass is 820 g/mol. The van der Waals surface area contributed by atoms with Gasteiger partial charge in [0, 0.05) is 49.4 Å². The second-order valence-electron chi connectivity index (χ2n) is 14.0. The minimum absolute atomic E-state index is 0.243. The molecule has 5 N–H and O–H groups in total. The summed E-state index contributed by atoms with van der Waals surface area (Å²) in [5.74, 6) is -3.21. The summed E-state index contributed by atoms with van der Waals surface area (Å²) in [6.45, 7) is 3.88. The predicted molar refractivity (Wildman–Crippen MR) is 191 cm³/mol. The largest absolute Gasteiger partial charge is 0.480 e. The van der Waals surface area contributed by atoms with Crippen LogP contribution >= 0.6 is 0 Å². The molecule has 0 bridgehead atoms. The number of anilines is 2. The Labute approximate surface area is 327 Å². The Bertz CT molecular complexity index is 2050. The van der Waals surface area contributed by atoms with Crippen molar-refractivity contribution in [3.8, 4) is 0 Å². The molecule has 22 heteroatoms. The van der Waals surface area contributed by atoms with Gasteiger partial charge in [-0.2, -0.15) is 13.2 Å². The van der Waals surface area contributed by atoms with Crippen LogP contribution in [0.5, 0.6) is 0 Å². The first-order valence-corrected chi connectivity index (χ1v) is 17.3. The van der Waals surface area contributed by atoms with E-state index in [2.05, 4.69) is 21.3 Å². The van der Waals surface area contributed by atoms with Gasteiger partial charge >= 0.3 is 42.4 Å². The van der Waals surface area contributed by atoms with Gasteiger partial charge in [-0.3, -0.25) is 24.0 Å². The summed E-state index contributed by atoms with van der Waals surface area (Å²) >= 11 is 0. The molecule has 2 aromatic carbocycles. The van der Waals surface area contributed by atoms with Crippen molar-refractivity contribution in [2.24, 2.45) is 0 Å². The van der Waals surface area contributed by atoms with Gasteiger partial charge in [0.05, 0.1) is 0 Å². The Balaban J connectivity index is 0.000000227. The van der Waals surface area contributed by atoms with Gasteiger partial charge in [0.25, 0.3) is 11.8 Å². The Morgan fingerprint density at radius 2 is 1.17 bits per heavy atom. The summed E-state index contributed by atoms with van der Waals surface area (Å²) < 4.78 is 47.2. The number of ether oxygens (including phenoxy) is 3. The lowest BCUT2D eigenvalue weighted by molar-refractivity contribution is -0.157. The number of carbonyl (C=O) groups is 9. The molecule has 2 aliphatic carbocycles. The zero-order valence-corrected chi connectivity index (χ0v) is 31.7. The number of esters is 1. The van der Waals surface area contributed by atoms with Crippen molar-refractivity contribution in [1.82, 2.24) is 20.4 Å². The number of rotatable bonds is 6. The molecular formula is C36H39F3N6O13. The number of benzene rings is 2. The number of imide groups is 2. The number of hydrogen-bond acceptors (Lipinski definition) is 12. The van der Waals surface area contributed by atoms with Crippen LogP contribution in [0.4, 0.5) is 43.7 Å². The van der Waals surface area contributed by atoms with E-state index in [9.17, 15) is 51.5 Å². The van der Waals surface area contributed by atoms with E-state index >= 15 is 0 Å². The summed E-state index contributed by atoms with van der Waals surface area (Å²) in [4.78, 5) is 106. The Morgan fingerprint density at radius 1 is 0.776 bits per heavy atom. The first kappa shape index (κ1) is 44.0. The fraction of sp³-hybridized carbons (Fsp3) is 0.417. The van der Waals surface area contributed by atoms with Gasteiger partial charge < -0.3 is 40.6 Å². The molecule has 58 heavy (non-hydrogen) atoms. The zero-order chi connectivity index (χ0) is 43.4. The fourth-order valence-corrected chi connectivity index (χ4v) is 6.49. The maximum atomic E-state index is 13.0. The van der Waals surface area contributed by atoms with Crippen molar-refractivity contribution in [2.75, 3.05) is 37.8 Å². The fourth-order valence-electron chi connectivity index (χ4n) is 6.49. The van der Waals surface area contributed by atoms with Crippen LogP contribution in [-0.4, -0.2) is 108 Å². The third kappa shape index (κ3) is 9.61. The van der Waals surface area contributed by atoms with Crippen LogP contribution in [0.3, 0.4) is 0 Å². The smallest absolute Gasteiger partial charge is 0.446 e. The number of urea groups is 2. The van der Waals surface area contributed by atoms with Gasteiger partial charge in [-0.05, 0) is 69.0 Å². The SMILES string of the molecule is CNC(=O)Nc1ccc2c(c1)CCC21OC(=O)N(CC(=O)O)C1=O.CNC(=O)Nc1ccc2c(c1)CCC21OC(=O)N(CC(=O)OC(C)(C)C)C1=O.O=CC(F)(F)F. The first-order valence-electron chi connectivity index (χ1n) is 17.3. The summed E-state index contributed by atoms with van der Waals surface area (Å²) in [5, 5.41) is 19.0. The molecule has 0 aromatic heterocycles. The van der Waals surface area contributed by atoms with Crippen molar-refractivity contribution in [1.29, 1.82) is 0 Å². The molecule has 2 unspecified atom stereocenters. The lowest BCUT2D eigenvalue weighted by Gasteiger charge is -2.22. The van der Waals surface area contributed by atoms with Crippen LogP contribution in [0.1, 0.15) is 55.9 Å². The molecular weight excluding hydrogens is 781 g/mol. The number of carboxylic acid groups (broad SMARTS) is 1. The molecule has 2 saturated heterocycles. The third-order valence-corrected chi connectivity index (χ3v) is 8.82. The van der Waals surface area contributed by atoms with Crippen LogP contribution in [0.15, 0.2) is 36.4 Å². The molecule has 2 spiro atoms. The number of amides is 8. The van der Waals surface area contributed by atoms with E-state index in [0.29, 0.717) is 40.2 Å². The lowest BCUT2D eigenvalue weighted by atomic mass is 9.94. The van der Waals surface area contributed by atoms with Crippen molar-refractivity contribution < 1.29 is 75.6 Å². The molecule has 2 heterocycles. The molecule has 2 aliphatic heterocycles. The van der Waals surface area contributed by atoms with Crippen LogP contribution in [0.2, 0.25) is 0 Å². The molecule has 0 saturated carbocycles. The number of hydrogen-bond donors (Lipinski definition) is 5. The summed E-state index contributed by atoms with van der Waals surface area (Å²) in [5.41, 5.74) is 0.151. The number of aliphatic carboxylic acids is 1. The lowest BCUT2D eigenvalue weighted by Crippen LogP contribution is -2.41. The summed E-state index contributed by atoms with van der Waals surface area (Å²) in [6.07, 6.45) is -6.03. The highest BCUT2D eigenvalue weighted by atomic mass is 19.4. The molecule has 4 aliphatic rings. The minimum Gasteiger partial charge on any atom is -0.480 e. The van der Waals surface area contributed by atoms with Crippen molar-refractivity contribution in [3.63, 3.8) is 0 Å². The van der Waals surface area contributed by atoms with Gasteiger partial charge in [-0.15, -0.1) is 0 Å². The van der Waals surface area contributed by atoms with Crippen molar-refractivity contribution in [2.45, 2.75) is 69.4 Å². The van der Waals surface area contributed by atoms with Gasteiger partial charge in [0.1, 0.15) is 18.7 Å². The normalized spacial score (nSPS) is 20.1. The average Bonchev–Trinajstić information content (AvgIpc) is 3.82. The van der Waals surface area contributed by atoms with Crippen LogP contribution < -0.4 is 21.3 Å². The van der Waals surface area contributed by atoms with E-state index in [1.54, 1.807) is 57.2 Å².